The molecule has 2 rings (SSSR count). The summed E-state index contributed by atoms with van der Waals surface area (Å²) in [5.41, 5.74) is 12.6. The van der Waals surface area contributed by atoms with E-state index in [1.165, 1.54) is 6.92 Å². The van der Waals surface area contributed by atoms with Gasteiger partial charge in [0, 0.05) is 23.5 Å². The summed E-state index contributed by atoms with van der Waals surface area (Å²) in [6, 6.07) is 1.71. The molecule has 0 aliphatic carbocycles. The van der Waals surface area contributed by atoms with Crippen LogP contribution in [0.3, 0.4) is 0 Å². The number of aliphatic hydroxyl groups excluding tert-OH is 1. The summed E-state index contributed by atoms with van der Waals surface area (Å²) in [6.45, 7) is 1.67. The number of H-pyrrole nitrogens is 1. The monoisotopic (exact) mass is 548 g/mol. The van der Waals surface area contributed by atoms with Gasteiger partial charge in [-0.15, -0.1) is 0 Å². The maximum Gasteiger partial charge on any atom is 0.326 e. The van der Waals surface area contributed by atoms with Crippen molar-refractivity contribution in [3.05, 3.63) is 36.0 Å². The molecule has 5 unspecified atom stereocenters. The van der Waals surface area contributed by atoms with Crippen molar-refractivity contribution in [2.75, 3.05) is 6.54 Å². The molecular formula is C25H36N6O8. The van der Waals surface area contributed by atoms with Crippen LogP contribution in [0.15, 0.2) is 30.5 Å². The summed E-state index contributed by atoms with van der Waals surface area (Å²) in [4.78, 5) is 64.7. The molecule has 0 aliphatic heterocycles. The minimum Gasteiger partial charge on any atom is -0.481 e. The molecule has 2 aromatic rings. The summed E-state index contributed by atoms with van der Waals surface area (Å²) in [5, 5.41) is 36.1. The van der Waals surface area contributed by atoms with Crippen LogP contribution in [0.25, 0.3) is 10.9 Å². The van der Waals surface area contributed by atoms with Gasteiger partial charge in [-0.05, 0) is 44.4 Å². The molecule has 0 spiro atoms. The fraction of sp³-hybridized carbons (Fsp3) is 0.480. The zero-order chi connectivity index (χ0) is 29.1. The normalized spacial score (nSPS) is 15.0. The Morgan fingerprint density at radius 3 is 2.15 bits per heavy atom. The minimum absolute atomic E-state index is 0.0718. The Balaban J connectivity index is 2.33. The molecule has 14 heteroatoms. The number of nitrogens with one attached hydrogen (secondary N) is 4. The van der Waals surface area contributed by atoms with Gasteiger partial charge in [0.25, 0.3) is 0 Å². The van der Waals surface area contributed by atoms with Gasteiger partial charge in [-0.25, -0.2) is 4.79 Å². The molecule has 39 heavy (non-hydrogen) atoms. The molecule has 1 aromatic heterocycles. The van der Waals surface area contributed by atoms with Crippen LogP contribution in [0.2, 0.25) is 0 Å². The first kappa shape index (κ1) is 31.2. The van der Waals surface area contributed by atoms with Crippen LogP contribution in [-0.2, 0) is 30.4 Å². The number of hydrogen-bond acceptors (Lipinski definition) is 8. The summed E-state index contributed by atoms with van der Waals surface area (Å²) >= 11 is 0. The number of benzene rings is 1. The Morgan fingerprint density at radius 2 is 1.54 bits per heavy atom. The van der Waals surface area contributed by atoms with E-state index in [0.717, 1.165) is 10.9 Å². The fourth-order valence-electron chi connectivity index (χ4n) is 3.90. The standard InChI is InChI=1S/C25H36N6O8/c1-13(32)21(27)24(37)29-17(8-4-5-9-26)22(35)30-18(23(36)31-19(25(38)39)11-20(33)34)10-14-12-28-16-7-3-2-6-15(14)16/h2-3,6-7,12-13,17-19,21,28,32H,4-5,8-11,26-27H2,1H3,(H,29,37)(H,30,35)(H,31,36)(H,33,34)(H,38,39). The van der Waals surface area contributed by atoms with Gasteiger partial charge in [-0.1, -0.05) is 18.2 Å². The van der Waals surface area contributed by atoms with Gasteiger partial charge in [-0.3, -0.25) is 19.2 Å². The smallest absolute Gasteiger partial charge is 0.326 e. The van der Waals surface area contributed by atoms with E-state index in [4.69, 9.17) is 16.6 Å². The van der Waals surface area contributed by atoms with Gasteiger partial charge in [0.1, 0.15) is 24.2 Å². The van der Waals surface area contributed by atoms with Crippen LogP contribution < -0.4 is 27.4 Å². The number of carboxylic acids is 2. The van der Waals surface area contributed by atoms with E-state index in [-0.39, 0.29) is 12.8 Å². The molecule has 3 amide bonds. The highest BCUT2D eigenvalue weighted by atomic mass is 16.4. The van der Waals surface area contributed by atoms with Crippen molar-refractivity contribution in [3.8, 4) is 0 Å². The average Bonchev–Trinajstić information content (AvgIpc) is 3.29. The Morgan fingerprint density at radius 1 is 0.923 bits per heavy atom. The molecule has 1 aromatic carbocycles. The van der Waals surface area contributed by atoms with Crippen LogP contribution in [-0.4, -0.2) is 86.8 Å². The number of carbonyl (C=O) groups is 5. The molecule has 214 valence electrons. The molecule has 0 radical (unpaired) electrons. The lowest BCUT2D eigenvalue weighted by molar-refractivity contribution is -0.147. The van der Waals surface area contributed by atoms with Crippen molar-refractivity contribution in [2.24, 2.45) is 11.5 Å². The SMILES string of the molecule is CC(O)C(N)C(=O)NC(CCCCN)C(=O)NC(Cc1c[nH]c2ccccc12)C(=O)NC(CC(=O)O)C(=O)O. The largest absolute Gasteiger partial charge is 0.481 e. The Bertz CT molecular complexity index is 1170. The predicted molar refractivity (Wildman–Crippen MR) is 140 cm³/mol. The highest BCUT2D eigenvalue weighted by Crippen LogP contribution is 2.19. The van der Waals surface area contributed by atoms with Gasteiger partial charge in [0.05, 0.1) is 12.5 Å². The van der Waals surface area contributed by atoms with Crippen molar-refractivity contribution in [1.82, 2.24) is 20.9 Å². The maximum atomic E-state index is 13.3. The summed E-state index contributed by atoms with van der Waals surface area (Å²) in [6.07, 6.45) is 0.682. The fourth-order valence-corrected chi connectivity index (χ4v) is 3.90. The number of unbranched alkanes of at least 4 members (excludes halogenated alkanes) is 1. The highest BCUT2D eigenvalue weighted by molar-refractivity contribution is 5.95. The second kappa shape index (κ2) is 14.8. The third-order valence-corrected chi connectivity index (χ3v) is 6.13. The number of fused-ring (bicyclic) bond motifs is 1. The number of aromatic amines is 1. The van der Waals surface area contributed by atoms with Crippen molar-refractivity contribution in [3.63, 3.8) is 0 Å². The molecule has 14 nitrogen and oxygen atoms in total. The number of carbonyl (C=O) groups excluding carboxylic acids is 3. The number of carboxylic acid groups (broad SMARTS) is 2. The molecule has 5 atom stereocenters. The highest BCUT2D eigenvalue weighted by Gasteiger charge is 2.32. The van der Waals surface area contributed by atoms with Crippen LogP contribution in [0.5, 0.6) is 0 Å². The summed E-state index contributed by atoms with van der Waals surface area (Å²) in [7, 11) is 0. The number of nitrogens with two attached hydrogens (primary N) is 2. The van der Waals surface area contributed by atoms with E-state index in [2.05, 4.69) is 20.9 Å². The van der Waals surface area contributed by atoms with E-state index < -0.39 is 66.4 Å². The lowest BCUT2D eigenvalue weighted by Gasteiger charge is -2.25. The number of aliphatic carboxylic acids is 2. The van der Waals surface area contributed by atoms with Crippen molar-refractivity contribution < 1.29 is 39.3 Å². The zero-order valence-electron chi connectivity index (χ0n) is 21.6. The Hall–Kier alpha value is -4.01. The summed E-state index contributed by atoms with van der Waals surface area (Å²) < 4.78 is 0. The van der Waals surface area contributed by atoms with Gasteiger partial charge in [0.2, 0.25) is 17.7 Å². The first-order valence-electron chi connectivity index (χ1n) is 12.5. The van der Waals surface area contributed by atoms with Crippen molar-refractivity contribution >= 4 is 40.6 Å². The van der Waals surface area contributed by atoms with Gasteiger partial charge >= 0.3 is 11.9 Å². The maximum absolute atomic E-state index is 13.3. The van der Waals surface area contributed by atoms with Gasteiger partial charge in [-0.2, -0.15) is 0 Å². The topological polar surface area (TPSA) is 250 Å². The van der Waals surface area contributed by atoms with Crippen molar-refractivity contribution in [2.45, 2.75) is 69.3 Å². The number of aromatic nitrogens is 1. The molecule has 0 bridgehead atoms. The van der Waals surface area contributed by atoms with Crippen LogP contribution in [0, 0.1) is 0 Å². The van der Waals surface area contributed by atoms with Crippen molar-refractivity contribution in [1.29, 1.82) is 0 Å². The molecule has 0 saturated heterocycles. The van der Waals surface area contributed by atoms with Crippen LogP contribution in [0.1, 0.15) is 38.2 Å². The number of aliphatic hydroxyl groups is 1. The Kier molecular flexibility index (Phi) is 11.8. The molecule has 1 heterocycles. The summed E-state index contributed by atoms with van der Waals surface area (Å²) in [5.74, 6) is -5.43. The first-order chi connectivity index (χ1) is 18.4. The van der Waals surface area contributed by atoms with E-state index in [0.29, 0.717) is 24.9 Å². The zero-order valence-corrected chi connectivity index (χ0v) is 21.6. The molecular weight excluding hydrogens is 512 g/mol. The van der Waals surface area contributed by atoms with Gasteiger partial charge in [0.15, 0.2) is 0 Å². The van der Waals surface area contributed by atoms with E-state index in [1.54, 1.807) is 18.3 Å². The number of rotatable bonds is 16. The minimum atomic E-state index is -1.73. The molecule has 0 saturated carbocycles. The quantitative estimate of drug-likeness (QED) is 0.110. The van der Waals surface area contributed by atoms with Gasteiger partial charge < -0.3 is 47.7 Å². The second-order valence-corrected chi connectivity index (χ2v) is 9.23. The first-order valence-corrected chi connectivity index (χ1v) is 12.5. The molecule has 0 aliphatic rings. The van der Waals surface area contributed by atoms with Crippen LogP contribution in [0.4, 0.5) is 0 Å². The molecule has 11 N–H and O–H groups in total. The predicted octanol–water partition coefficient (Wildman–Crippen LogP) is -1.44. The average molecular weight is 549 g/mol. The third-order valence-electron chi connectivity index (χ3n) is 6.13. The number of hydrogen-bond donors (Lipinski definition) is 9. The van der Waals surface area contributed by atoms with Crippen LogP contribution >= 0.6 is 0 Å². The molecule has 0 fully saturated rings. The Labute approximate surface area is 224 Å². The lowest BCUT2D eigenvalue weighted by atomic mass is 10.0. The lowest BCUT2D eigenvalue weighted by Crippen LogP contribution is -2.58. The second-order valence-electron chi connectivity index (χ2n) is 9.23. The van der Waals surface area contributed by atoms with E-state index in [1.807, 2.05) is 12.1 Å². The van der Waals surface area contributed by atoms with E-state index in [9.17, 15) is 34.2 Å². The third kappa shape index (κ3) is 9.35. The van der Waals surface area contributed by atoms with E-state index >= 15 is 0 Å². The number of amides is 3. The number of para-hydroxylation sites is 1.